The van der Waals surface area contributed by atoms with E-state index in [1.807, 2.05) is 6.92 Å². The van der Waals surface area contributed by atoms with Crippen molar-refractivity contribution in [3.63, 3.8) is 0 Å². The molecule has 32 heavy (non-hydrogen) atoms. The number of benzene rings is 2. The average Bonchev–Trinajstić information content (AvgIpc) is 2.77. The molecule has 0 aliphatic rings. The molecule has 0 unspecified atom stereocenters. The van der Waals surface area contributed by atoms with Gasteiger partial charge in [0, 0.05) is 35.0 Å². The van der Waals surface area contributed by atoms with Gasteiger partial charge >= 0.3 is 0 Å². The van der Waals surface area contributed by atoms with Crippen molar-refractivity contribution in [2.45, 2.75) is 20.3 Å². The van der Waals surface area contributed by atoms with E-state index in [0.717, 1.165) is 6.42 Å². The van der Waals surface area contributed by atoms with E-state index in [2.05, 4.69) is 4.98 Å². The highest BCUT2D eigenvalue weighted by molar-refractivity contribution is 6.34. The minimum absolute atomic E-state index is 0.00215. The van der Waals surface area contributed by atoms with Gasteiger partial charge < -0.3 is 4.74 Å². The molecule has 0 atom stereocenters. The number of anilines is 1. The molecular formula is C24H21Cl2FN2O3. The van der Waals surface area contributed by atoms with Crippen molar-refractivity contribution in [3.05, 3.63) is 75.7 Å². The summed E-state index contributed by atoms with van der Waals surface area (Å²) in [6.45, 7) is 3.79. The van der Waals surface area contributed by atoms with Crippen LogP contribution in [-0.2, 0) is 0 Å². The average molecular weight is 475 g/mol. The third-order valence-electron chi connectivity index (χ3n) is 4.78. The van der Waals surface area contributed by atoms with Crippen molar-refractivity contribution >= 4 is 40.7 Å². The van der Waals surface area contributed by atoms with E-state index in [-0.39, 0.29) is 22.2 Å². The maximum atomic E-state index is 14.3. The van der Waals surface area contributed by atoms with Crippen LogP contribution in [-0.4, -0.2) is 30.3 Å². The van der Waals surface area contributed by atoms with Crippen molar-refractivity contribution in [1.82, 2.24) is 4.98 Å². The van der Waals surface area contributed by atoms with Crippen LogP contribution in [0.15, 0.2) is 48.7 Å². The summed E-state index contributed by atoms with van der Waals surface area (Å²) < 4.78 is 20.1. The summed E-state index contributed by atoms with van der Waals surface area (Å²) >= 11 is 12.4. The number of ether oxygens (including phenoxy) is 1. The largest absolute Gasteiger partial charge is 0.490 e. The van der Waals surface area contributed by atoms with Gasteiger partial charge in [-0.15, -0.1) is 0 Å². The van der Waals surface area contributed by atoms with Crippen LogP contribution in [0, 0.1) is 5.82 Å². The van der Waals surface area contributed by atoms with Crippen molar-refractivity contribution in [1.29, 1.82) is 0 Å². The molecule has 1 aromatic heterocycles. The van der Waals surface area contributed by atoms with Crippen LogP contribution >= 0.6 is 23.2 Å². The van der Waals surface area contributed by atoms with Crippen molar-refractivity contribution < 1.29 is 18.7 Å². The van der Waals surface area contributed by atoms with Crippen LogP contribution in [0.5, 0.6) is 5.75 Å². The Morgan fingerprint density at radius 1 is 1.12 bits per heavy atom. The monoisotopic (exact) mass is 474 g/mol. The summed E-state index contributed by atoms with van der Waals surface area (Å²) in [5.74, 6) is -0.967. The van der Waals surface area contributed by atoms with E-state index >= 15 is 0 Å². The number of amides is 1. The normalized spacial score (nSPS) is 10.7. The van der Waals surface area contributed by atoms with Crippen LogP contribution in [0.3, 0.4) is 0 Å². The van der Waals surface area contributed by atoms with Gasteiger partial charge in [-0.05, 0) is 49.7 Å². The Morgan fingerprint density at radius 2 is 1.88 bits per heavy atom. The third kappa shape index (κ3) is 4.92. The maximum absolute atomic E-state index is 14.3. The molecule has 3 aromatic rings. The smallest absolute Gasteiger partial charge is 0.263 e. The molecule has 0 N–H and O–H groups in total. The second-order valence-electron chi connectivity index (χ2n) is 7.11. The zero-order chi connectivity index (χ0) is 23.4. The zero-order valence-electron chi connectivity index (χ0n) is 17.8. The molecule has 166 valence electrons. The van der Waals surface area contributed by atoms with Crippen LogP contribution in [0.25, 0.3) is 11.1 Å². The van der Waals surface area contributed by atoms with Crippen LogP contribution < -0.4 is 9.64 Å². The lowest BCUT2D eigenvalue weighted by Crippen LogP contribution is -2.29. The molecule has 3 rings (SSSR count). The van der Waals surface area contributed by atoms with Gasteiger partial charge in [0.25, 0.3) is 5.91 Å². The molecular weight excluding hydrogens is 454 g/mol. The Balaban J connectivity index is 2.07. The number of nitrogens with zero attached hydrogens (tertiary/aromatic N) is 2. The lowest BCUT2D eigenvalue weighted by atomic mass is 10.0. The summed E-state index contributed by atoms with van der Waals surface area (Å²) in [6.07, 6.45) is 2.24. The van der Waals surface area contributed by atoms with E-state index in [1.54, 1.807) is 24.3 Å². The van der Waals surface area contributed by atoms with Gasteiger partial charge in [-0.3, -0.25) is 14.5 Å². The predicted octanol–water partition coefficient (Wildman–Crippen LogP) is 6.46. The highest BCUT2D eigenvalue weighted by atomic mass is 35.5. The Labute approximate surface area is 195 Å². The summed E-state index contributed by atoms with van der Waals surface area (Å²) in [5.41, 5.74) is 1.47. The Morgan fingerprint density at radius 3 is 2.53 bits per heavy atom. The highest BCUT2D eigenvalue weighted by Crippen LogP contribution is 2.35. The number of halogens is 3. The van der Waals surface area contributed by atoms with Crippen molar-refractivity contribution in [2.75, 3.05) is 18.6 Å². The molecule has 0 aliphatic heterocycles. The Bertz CT molecular complexity index is 1160. The summed E-state index contributed by atoms with van der Waals surface area (Å²) in [6, 6.07) is 10.7. The van der Waals surface area contributed by atoms with E-state index in [9.17, 15) is 14.0 Å². The van der Waals surface area contributed by atoms with Gasteiger partial charge in [0.05, 0.1) is 17.2 Å². The standard InChI is InChI=1S/C24H21Cl2FN2O3/c1-4-10-32-21-12-16(17-11-15(14(2)30)8-9-18(17)25)13-28-23(21)29(3)24(31)22-19(26)6-5-7-20(22)27/h5-9,11-13H,4,10H2,1-3H3. The lowest BCUT2D eigenvalue weighted by Gasteiger charge is -2.21. The Kier molecular flexibility index (Phi) is 7.48. The first-order valence-corrected chi connectivity index (χ1v) is 10.7. The SMILES string of the molecule is CCCOc1cc(-c2cc(C(C)=O)ccc2Cl)cnc1N(C)C(=O)c1c(F)cccc1Cl. The summed E-state index contributed by atoms with van der Waals surface area (Å²) in [4.78, 5) is 30.4. The number of hydrogen-bond donors (Lipinski definition) is 0. The van der Waals surface area contributed by atoms with E-state index in [4.69, 9.17) is 27.9 Å². The summed E-state index contributed by atoms with van der Waals surface area (Å²) in [5, 5.41) is 0.441. The second kappa shape index (κ2) is 10.1. The number of ketones is 1. The minimum Gasteiger partial charge on any atom is -0.490 e. The fourth-order valence-corrected chi connectivity index (χ4v) is 3.56. The molecule has 0 spiro atoms. The Hall–Kier alpha value is -2.96. The first-order chi connectivity index (χ1) is 15.2. The predicted molar refractivity (Wildman–Crippen MR) is 125 cm³/mol. The third-order valence-corrected chi connectivity index (χ3v) is 5.42. The van der Waals surface area contributed by atoms with Gasteiger partial charge in [-0.25, -0.2) is 9.37 Å². The molecule has 0 radical (unpaired) electrons. The highest BCUT2D eigenvalue weighted by Gasteiger charge is 2.24. The molecule has 8 heteroatoms. The zero-order valence-corrected chi connectivity index (χ0v) is 19.3. The molecule has 2 aromatic carbocycles. The van der Waals surface area contributed by atoms with Gasteiger partial charge in [-0.1, -0.05) is 36.2 Å². The van der Waals surface area contributed by atoms with E-state index in [0.29, 0.717) is 34.1 Å². The van der Waals surface area contributed by atoms with Gasteiger partial charge in [0.2, 0.25) is 0 Å². The first kappa shape index (κ1) is 23.7. The van der Waals surface area contributed by atoms with Gasteiger partial charge in [0.1, 0.15) is 5.82 Å². The molecule has 0 saturated heterocycles. The van der Waals surface area contributed by atoms with Crippen molar-refractivity contribution in [2.24, 2.45) is 0 Å². The fourth-order valence-electron chi connectivity index (χ4n) is 3.09. The first-order valence-electron chi connectivity index (χ1n) is 9.90. The number of carbonyl (C=O) groups is 2. The topological polar surface area (TPSA) is 59.5 Å². The number of rotatable bonds is 7. The molecule has 0 bridgehead atoms. The van der Waals surface area contributed by atoms with Crippen LogP contribution in [0.1, 0.15) is 41.0 Å². The van der Waals surface area contributed by atoms with Crippen LogP contribution in [0.4, 0.5) is 10.2 Å². The van der Waals surface area contributed by atoms with E-state index in [1.165, 1.54) is 43.3 Å². The molecule has 5 nitrogen and oxygen atoms in total. The number of pyridine rings is 1. The second-order valence-corrected chi connectivity index (χ2v) is 7.92. The molecule has 0 saturated carbocycles. The van der Waals surface area contributed by atoms with Gasteiger partial charge in [0.15, 0.2) is 17.4 Å². The number of hydrogen-bond acceptors (Lipinski definition) is 4. The molecule has 0 aliphatic carbocycles. The summed E-state index contributed by atoms with van der Waals surface area (Å²) in [7, 11) is 1.47. The van der Waals surface area contributed by atoms with Gasteiger partial charge in [-0.2, -0.15) is 0 Å². The minimum atomic E-state index is -0.727. The fraction of sp³-hybridized carbons (Fsp3) is 0.208. The van der Waals surface area contributed by atoms with Crippen LogP contribution in [0.2, 0.25) is 10.0 Å². The lowest BCUT2D eigenvalue weighted by molar-refractivity contribution is 0.0985. The number of Topliss-reactive ketones (excluding diaryl/α,β-unsaturated/α-hetero) is 1. The van der Waals surface area contributed by atoms with Crippen molar-refractivity contribution in [3.8, 4) is 16.9 Å². The quantitative estimate of drug-likeness (QED) is 0.368. The molecule has 1 heterocycles. The maximum Gasteiger partial charge on any atom is 0.263 e. The van der Waals surface area contributed by atoms with E-state index < -0.39 is 11.7 Å². The number of aromatic nitrogens is 1. The molecule has 1 amide bonds. The number of carbonyl (C=O) groups excluding carboxylic acids is 2. The molecule has 0 fully saturated rings.